The van der Waals surface area contributed by atoms with Crippen LogP contribution in [0.15, 0.2) is 0 Å². The molecule has 0 saturated carbocycles. The number of nitriles is 1. The van der Waals surface area contributed by atoms with E-state index < -0.39 is 5.92 Å². The summed E-state index contributed by atoms with van der Waals surface area (Å²) in [6.07, 6.45) is 6.16. The summed E-state index contributed by atoms with van der Waals surface area (Å²) in [5, 5.41) is 9.02. The molecule has 2 atom stereocenters. The lowest BCUT2D eigenvalue weighted by molar-refractivity contribution is -0.135. The van der Waals surface area contributed by atoms with Gasteiger partial charge in [0, 0.05) is 12.6 Å². The summed E-state index contributed by atoms with van der Waals surface area (Å²) in [5.41, 5.74) is 0. The smallest absolute Gasteiger partial charge is 0.240 e. The van der Waals surface area contributed by atoms with Crippen molar-refractivity contribution in [2.45, 2.75) is 58.4 Å². The predicted octanol–water partition coefficient (Wildman–Crippen LogP) is 2.72. The molecule has 0 spiro atoms. The summed E-state index contributed by atoms with van der Waals surface area (Å²) >= 11 is 0. The monoisotopic (exact) mass is 222 g/mol. The number of hydrogen-bond acceptors (Lipinski definition) is 2. The van der Waals surface area contributed by atoms with Crippen molar-refractivity contribution in [1.29, 1.82) is 5.26 Å². The lowest BCUT2D eigenvalue weighted by Gasteiger charge is -2.28. The second-order valence-corrected chi connectivity index (χ2v) is 4.70. The van der Waals surface area contributed by atoms with E-state index in [1.165, 1.54) is 12.8 Å². The topological polar surface area (TPSA) is 44.1 Å². The third-order valence-corrected chi connectivity index (χ3v) is 3.37. The van der Waals surface area contributed by atoms with Crippen LogP contribution < -0.4 is 0 Å². The molecule has 1 aliphatic rings. The van der Waals surface area contributed by atoms with E-state index in [9.17, 15) is 4.79 Å². The molecule has 0 N–H and O–H groups in total. The largest absolute Gasteiger partial charge is 0.339 e. The van der Waals surface area contributed by atoms with Crippen LogP contribution in [0.5, 0.6) is 0 Å². The Labute approximate surface area is 98.4 Å². The van der Waals surface area contributed by atoms with E-state index in [1.807, 2.05) is 11.8 Å². The van der Waals surface area contributed by atoms with Crippen molar-refractivity contribution in [1.82, 2.24) is 4.90 Å². The van der Waals surface area contributed by atoms with Gasteiger partial charge in [-0.25, -0.2) is 0 Å². The Kier molecular flexibility index (Phi) is 5.31. The molecule has 0 aromatic heterocycles. The molecular weight excluding hydrogens is 200 g/mol. The molecule has 0 radical (unpaired) electrons. The zero-order chi connectivity index (χ0) is 12.0. The lowest BCUT2D eigenvalue weighted by atomic mass is 10.0. The second-order valence-electron chi connectivity index (χ2n) is 4.70. The molecule has 2 unspecified atom stereocenters. The Morgan fingerprint density at radius 3 is 2.88 bits per heavy atom. The van der Waals surface area contributed by atoms with E-state index in [4.69, 9.17) is 5.26 Å². The number of amides is 1. The highest BCUT2D eigenvalue weighted by Crippen LogP contribution is 2.20. The minimum absolute atomic E-state index is 0.0544. The fraction of sp³-hybridized carbons (Fsp3) is 0.846. The molecular formula is C13H22N2O. The number of likely N-dealkylation sites (tertiary alicyclic amines) is 1. The van der Waals surface area contributed by atoms with Gasteiger partial charge in [0.1, 0.15) is 5.92 Å². The third kappa shape index (κ3) is 3.23. The van der Waals surface area contributed by atoms with Crippen molar-refractivity contribution in [3.05, 3.63) is 0 Å². The maximum atomic E-state index is 12.2. The molecule has 1 heterocycles. The number of carbonyl (C=O) groups excluding carboxylic acids is 1. The summed E-state index contributed by atoms with van der Waals surface area (Å²) in [5.74, 6) is -0.371. The molecule has 1 aliphatic heterocycles. The van der Waals surface area contributed by atoms with Gasteiger partial charge in [-0.15, -0.1) is 0 Å². The molecule has 16 heavy (non-hydrogen) atoms. The first kappa shape index (κ1) is 13.0. The van der Waals surface area contributed by atoms with E-state index in [1.54, 1.807) is 0 Å². The van der Waals surface area contributed by atoms with Gasteiger partial charge in [-0.2, -0.15) is 5.26 Å². The van der Waals surface area contributed by atoms with Crippen LogP contribution in [0.1, 0.15) is 52.4 Å². The molecule has 0 aliphatic carbocycles. The van der Waals surface area contributed by atoms with Crippen molar-refractivity contribution in [2.75, 3.05) is 6.54 Å². The van der Waals surface area contributed by atoms with Crippen LogP contribution in [0, 0.1) is 17.2 Å². The average molecular weight is 222 g/mol. The Bertz CT molecular complexity index is 270. The quantitative estimate of drug-likeness (QED) is 0.737. The molecule has 90 valence electrons. The SMILES string of the molecule is CCCC(C#N)C(=O)N1CCCCCC1C. The number of hydrogen-bond donors (Lipinski definition) is 0. The molecule has 1 saturated heterocycles. The van der Waals surface area contributed by atoms with Crippen LogP contribution in [-0.2, 0) is 4.79 Å². The fourth-order valence-electron chi connectivity index (χ4n) is 2.33. The summed E-state index contributed by atoms with van der Waals surface area (Å²) < 4.78 is 0. The number of nitrogens with zero attached hydrogens (tertiary/aromatic N) is 2. The Morgan fingerprint density at radius 2 is 2.25 bits per heavy atom. The minimum atomic E-state index is -0.425. The zero-order valence-electron chi connectivity index (χ0n) is 10.4. The van der Waals surface area contributed by atoms with Crippen molar-refractivity contribution in [3.8, 4) is 6.07 Å². The Morgan fingerprint density at radius 1 is 1.50 bits per heavy atom. The minimum Gasteiger partial charge on any atom is -0.339 e. The van der Waals surface area contributed by atoms with Crippen LogP contribution in [0.3, 0.4) is 0 Å². The van der Waals surface area contributed by atoms with Gasteiger partial charge >= 0.3 is 0 Å². The van der Waals surface area contributed by atoms with Crippen LogP contribution in [-0.4, -0.2) is 23.4 Å². The highest BCUT2D eigenvalue weighted by atomic mass is 16.2. The fourth-order valence-corrected chi connectivity index (χ4v) is 2.33. The van der Waals surface area contributed by atoms with Gasteiger partial charge in [-0.3, -0.25) is 4.79 Å². The van der Waals surface area contributed by atoms with Gasteiger partial charge in [0.05, 0.1) is 6.07 Å². The molecule has 0 aromatic carbocycles. The molecule has 1 rings (SSSR count). The van der Waals surface area contributed by atoms with E-state index >= 15 is 0 Å². The predicted molar refractivity (Wildman–Crippen MR) is 63.7 cm³/mol. The van der Waals surface area contributed by atoms with Gasteiger partial charge < -0.3 is 4.90 Å². The van der Waals surface area contributed by atoms with E-state index in [-0.39, 0.29) is 5.91 Å². The summed E-state index contributed by atoms with van der Waals surface area (Å²) in [4.78, 5) is 14.1. The van der Waals surface area contributed by atoms with Crippen LogP contribution in [0.4, 0.5) is 0 Å². The van der Waals surface area contributed by atoms with Crippen molar-refractivity contribution in [2.24, 2.45) is 5.92 Å². The molecule has 1 amide bonds. The standard InChI is InChI=1S/C13H22N2O/c1-3-7-12(10-14)13(16)15-9-6-4-5-8-11(15)2/h11-12H,3-9H2,1-2H3. The first-order valence-electron chi connectivity index (χ1n) is 6.40. The Balaban J connectivity index is 2.66. The molecule has 0 bridgehead atoms. The van der Waals surface area contributed by atoms with Crippen molar-refractivity contribution >= 4 is 5.91 Å². The van der Waals surface area contributed by atoms with E-state index in [0.29, 0.717) is 12.5 Å². The molecule has 3 heteroatoms. The van der Waals surface area contributed by atoms with Crippen molar-refractivity contribution in [3.63, 3.8) is 0 Å². The maximum absolute atomic E-state index is 12.2. The first-order valence-corrected chi connectivity index (χ1v) is 6.40. The third-order valence-electron chi connectivity index (χ3n) is 3.37. The van der Waals surface area contributed by atoms with E-state index in [0.717, 1.165) is 25.8 Å². The lowest BCUT2D eigenvalue weighted by Crippen LogP contribution is -2.41. The second kappa shape index (κ2) is 6.52. The first-order chi connectivity index (χ1) is 7.70. The van der Waals surface area contributed by atoms with Gasteiger partial charge in [0.2, 0.25) is 5.91 Å². The number of rotatable bonds is 3. The van der Waals surface area contributed by atoms with Gasteiger partial charge in [-0.05, 0) is 26.2 Å². The Hall–Kier alpha value is -1.04. The van der Waals surface area contributed by atoms with Crippen LogP contribution in [0.25, 0.3) is 0 Å². The summed E-state index contributed by atoms with van der Waals surface area (Å²) in [6.45, 7) is 4.95. The van der Waals surface area contributed by atoms with Crippen LogP contribution >= 0.6 is 0 Å². The van der Waals surface area contributed by atoms with Gasteiger partial charge in [0.15, 0.2) is 0 Å². The van der Waals surface area contributed by atoms with Crippen molar-refractivity contribution < 1.29 is 4.79 Å². The highest BCUT2D eigenvalue weighted by Gasteiger charge is 2.27. The molecule has 0 aromatic rings. The van der Waals surface area contributed by atoms with Crippen LogP contribution in [0.2, 0.25) is 0 Å². The molecule has 3 nitrogen and oxygen atoms in total. The maximum Gasteiger partial charge on any atom is 0.240 e. The van der Waals surface area contributed by atoms with Gasteiger partial charge in [0.25, 0.3) is 0 Å². The van der Waals surface area contributed by atoms with E-state index in [2.05, 4.69) is 13.0 Å². The number of carbonyl (C=O) groups is 1. The molecule has 1 fully saturated rings. The zero-order valence-corrected chi connectivity index (χ0v) is 10.4. The van der Waals surface area contributed by atoms with Gasteiger partial charge in [-0.1, -0.05) is 26.2 Å². The normalized spacial score (nSPS) is 23.3. The summed E-state index contributed by atoms with van der Waals surface area (Å²) in [7, 11) is 0. The summed E-state index contributed by atoms with van der Waals surface area (Å²) in [6, 6.07) is 2.46. The highest BCUT2D eigenvalue weighted by molar-refractivity contribution is 5.81. The average Bonchev–Trinajstić information content (AvgIpc) is 2.50.